The summed E-state index contributed by atoms with van der Waals surface area (Å²) < 4.78 is 26.7. The number of benzene rings is 3. The molecule has 0 saturated carbocycles. The number of nitrogens with one attached hydrogen (secondary N) is 1. The van der Waals surface area contributed by atoms with Gasteiger partial charge in [-0.2, -0.15) is 0 Å². The van der Waals surface area contributed by atoms with Crippen molar-refractivity contribution < 1.29 is 18.7 Å². The molecular weight excluding hydrogens is 669 g/mol. The van der Waals surface area contributed by atoms with Crippen LogP contribution in [-0.4, -0.2) is 18.2 Å². The summed E-state index contributed by atoms with van der Waals surface area (Å²) in [6.45, 7) is 0.141. The van der Waals surface area contributed by atoms with E-state index in [2.05, 4.69) is 55.5 Å². The minimum Gasteiger partial charge on any atom is -0.497 e. The van der Waals surface area contributed by atoms with Crippen LogP contribution in [0.25, 0.3) is 6.08 Å². The molecule has 0 atom stereocenters. The molecular formula is C24H17FI2N2O3S. The van der Waals surface area contributed by atoms with Gasteiger partial charge >= 0.3 is 0 Å². The monoisotopic (exact) mass is 686 g/mol. The topological polar surface area (TPSA) is 59.9 Å². The van der Waals surface area contributed by atoms with Crippen molar-refractivity contribution in [3.8, 4) is 11.5 Å². The van der Waals surface area contributed by atoms with E-state index in [0.29, 0.717) is 21.4 Å². The molecule has 1 aliphatic rings. The Kier molecular flexibility index (Phi) is 7.91. The normalized spacial score (nSPS) is 15.7. The van der Waals surface area contributed by atoms with E-state index >= 15 is 0 Å². The van der Waals surface area contributed by atoms with Crippen molar-refractivity contribution >= 4 is 79.8 Å². The highest BCUT2D eigenvalue weighted by Crippen LogP contribution is 2.33. The summed E-state index contributed by atoms with van der Waals surface area (Å²) >= 11 is 5.66. The van der Waals surface area contributed by atoms with Gasteiger partial charge in [0.2, 0.25) is 0 Å². The van der Waals surface area contributed by atoms with Gasteiger partial charge in [0.05, 0.1) is 24.8 Å². The number of aliphatic imine (C=N–C) groups is 1. The largest absolute Gasteiger partial charge is 0.497 e. The molecule has 9 heteroatoms. The number of carbonyl (C=O) groups excluding carboxylic acids is 1. The molecule has 0 aromatic heterocycles. The summed E-state index contributed by atoms with van der Waals surface area (Å²) in [6.07, 6.45) is 1.82. The third-order valence-electron chi connectivity index (χ3n) is 4.60. The number of halogens is 3. The minimum absolute atomic E-state index is 0.141. The van der Waals surface area contributed by atoms with Crippen LogP contribution >= 0.6 is 56.9 Å². The van der Waals surface area contributed by atoms with Gasteiger partial charge in [-0.15, -0.1) is 0 Å². The number of thioether (sulfide) groups is 1. The standard InChI is InChI=1S/C24H17FI2N2O3S/c1-31-17-8-6-16(7-9-17)28-24-29-23(30)21(33-24)12-14-10-19(26)22(20(27)11-14)32-13-15-4-2-3-5-18(15)25/h2-12H,13H2,1H3,(H,28,29,30)/b21-12+. The van der Waals surface area contributed by atoms with Crippen molar-refractivity contribution in [1.29, 1.82) is 0 Å². The molecule has 1 amide bonds. The zero-order valence-electron chi connectivity index (χ0n) is 17.3. The fourth-order valence-electron chi connectivity index (χ4n) is 2.97. The van der Waals surface area contributed by atoms with Gasteiger partial charge < -0.3 is 14.8 Å². The van der Waals surface area contributed by atoms with Crippen molar-refractivity contribution in [2.75, 3.05) is 7.11 Å². The Labute approximate surface area is 222 Å². The minimum atomic E-state index is -0.291. The van der Waals surface area contributed by atoms with Gasteiger partial charge in [0.15, 0.2) is 5.17 Å². The van der Waals surface area contributed by atoms with Gasteiger partial charge in [0, 0.05) is 5.56 Å². The number of hydrogen-bond acceptors (Lipinski definition) is 5. The van der Waals surface area contributed by atoms with Crippen molar-refractivity contribution in [3.05, 3.63) is 89.7 Å². The molecule has 0 unspecified atom stereocenters. The lowest BCUT2D eigenvalue weighted by Crippen LogP contribution is -2.19. The van der Waals surface area contributed by atoms with Crippen molar-refractivity contribution in [1.82, 2.24) is 5.32 Å². The first-order chi connectivity index (χ1) is 15.9. The average Bonchev–Trinajstić information content (AvgIpc) is 3.13. The van der Waals surface area contributed by atoms with Crippen molar-refractivity contribution in [2.24, 2.45) is 4.99 Å². The summed E-state index contributed by atoms with van der Waals surface area (Å²) in [5, 5.41) is 3.32. The molecule has 3 aromatic rings. The Bertz CT molecular complexity index is 1240. The highest BCUT2D eigenvalue weighted by Gasteiger charge is 2.24. The molecule has 0 bridgehead atoms. The summed E-state index contributed by atoms with van der Waals surface area (Å²) in [5.74, 6) is 0.942. The highest BCUT2D eigenvalue weighted by atomic mass is 127. The first kappa shape index (κ1) is 24.0. The summed E-state index contributed by atoms with van der Waals surface area (Å²) in [5.41, 5.74) is 2.09. The lowest BCUT2D eigenvalue weighted by Gasteiger charge is -2.12. The van der Waals surface area contributed by atoms with E-state index in [4.69, 9.17) is 9.47 Å². The Morgan fingerprint density at radius 2 is 1.79 bits per heavy atom. The molecule has 33 heavy (non-hydrogen) atoms. The quantitative estimate of drug-likeness (QED) is 0.237. The molecule has 5 nitrogen and oxygen atoms in total. The number of methoxy groups -OCH3 is 1. The molecule has 168 valence electrons. The van der Waals surface area contributed by atoms with Gasteiger partial charge in [-0.3, -0.25) is 4.79 Å². The maximum absolute atomic E-state index is 13.9. The van der Waals surface area contributed by atoms with Gasteiger partial charge in [0.25, 0.3) is 5.91 Å². The number of nitrogens with zero attached hydrogens (tertiary/aromatic N) is 1. The molecule has 0 radical (unpaired) electrons. The first-order valence-corrected chi connectivity index (χ1v) is 12.7. The Morgan fingerprint density at radius 3 is 2.45 bits per heavy atom. The van der Waals surface area contributed by atoms with Crippen LogP contribution in [0.4, 0.5) is 10.1 Å². The number of amides is 1. The van der Waals surface area contributed by atoms with Crippen LogP contribution in [0.1, 0.15) is 11.1 Å². The predicted octanol–water partition coefficient (Wildman–Crippen LogP) is 6.51. The summed E-state index contributed by atoms with van der Waals surface area (Å²) in [4.78, 5) is 17.5. The third kappa shape index (κ3) is 6.07. The number of carbonyl (C=O) groups is 1. The number of ether oxygens (including phenoxy) is 2. The second-order valence-electron chi connectivity index (χ2n) is 6.87. The van der Waals surface area contributed by atoms with Crippen LogP contribution in [0.3, 0.4) is 0 Å². The van der Waals surface area contributed by atoms with Crippen LogP contribution in [0.5, 0.6) is 11.5 Å². The molecule has 1 N–H and O–H groups in total. The molecule has 1 fully saturated rings. The molecule has 4 rings (SSSR count). The number of hydrogen-bond donors (Lipinski definition) is 1. The first-order valence-electron chi connectivity index (χ1n) is 9.72. The van der Waals surface area contributed by atoms with Crippen LogP contribution in [-0.2, 0) is 11.4 Å². The molecule has 3 aromatic carbocycles. The Balaban J connectivity index is 1.49. The molecule has 0 aliphatic carbocycles. The SMILES string of the molecule is COc1ccc(N=C2NC(=O)/C(=C\c3cc(I)c(OCc4ccccc4F)c(I)c3)S2)cc1. The molecule has 1 heterocycles. The van der Waals surface area contributed by atoms with E-state index < -0.39 is 0 Å². The molecule has 0 spiro atoms. The van der Waals surface area contributed by atoms with Crippen LogP contribution in [0, 0.1) is 13.0 Å². The predicted molar refractivity (Wildman–Crippen MR) is 146 cm³/mol. The van der Waals surface area contributed by atoms with Crippen LogP contribution in [0.2, 0.25) is 0 Å². The van der Waals surface area contributed by atoms with Crippen LogP contribution < -0.4 is 14.8 Å². The number of amidine groups is 1. The van der Waals surface area contributed by atoms with E-state index in [9.17, 15) is 9.18 Å². The maximum atomic E-state index is 13.9. The fourth-order valence-corrected chi connectivity index (χ4v) is 5.94. The van der Waals surface area contributed by atoms with Gasteiger partial charge in [-0.05, 0) is 111 Å². The fraction of sp³-hybridized carbons (Fsp3) is 0.0833. The van der Waals surface area contributed by atoms with E-state index in [1.807, 2.05) is 42.5 Å². The molecule has 1 aliphatic heterocycles. The van der Waals surface area contributed by atoms with Crippen molar-refractivity contribution in [2.45, 2.75) is 6.61 Å². The Hall–Kier alpha value is -2.12. The Morgan fingerprint density at radius 1 is 1.09 bits per heavy atom. The van der Waals surface area contributed by atoms with Gasteiger partial charge in [0.1, 0.15) is 23.9 Å². The van der Waals surface area contributed by atoms with Gasteiger partial charge in [-0.25, -0.2) is 9.38 Å². The van der Waals surface area contributed by atoms with Crippen molar-refractivity contribution in [3.63, 3.8) is 0 Å². The van der Waals surface area contributed by atoms with E-state index in [1.165, 1.54) is 17.8 Å². The lowest BCUT2D eigenvalue weighted by molar-refractivity contribution is -0.115. The van der Waals surface area contributed by atoms with E-state index in [0.717, 1.165) is 24.1 Å². The van der Waals surface area contributed by atoms with E-state index in [1.54, 1.807) is 25.3 Å². The second kappa shape index (κ2) is 10.9. The zero-order valence-corrected chi connectivity index (χ0v) is 22.4. The summed E-state index contributed by atoms with van der Waals surface area (Å²) in [7, 11) is 1.61. The summed E-state index contributed by atoms with van der Waals surface area (Å²) in [6, 6.07) is 17.7. The average molecular weight is 686 g/mol. The lowest BCUT2D eigenvalue weighted by atomic mass is 10.2. The highest BCUT2D eigenvalue weighted by molar-refractivity contribution is 14.1. The molecule has 1 saturated heterocycles. The zero-order chi connectivity index (χ0) is 23.4. The maximum Gasteiger partial charge on any atom is 0.264 e. The number of rotatable bonds is 6. The van der Waals surface area contributed by atoms with Gasteiger partial charge in [-0.1, -0.05) is 18.2 Å². The smallest absolute Gasteiger partial charge is 0.264 e. The second-order valence-corrected chi connectivity index (χ2v) is 10.2. The third-order valence-corrected chi connectivity index (χ3v) is 7.11. The van der Waals surface area contributed by atoms with Crippen LogP contribution in [0.15, 0.2) is 70.6 Å². The van der Waals surface area contributed by atoms with E-state index in [-0.39, 0.29) is 18.3 Å².